The van der Waals surface area contributed by atoms with Crippen molar-refractivity contribution in [2.24, 2.45) is 0 Å². The van der Waals surface area contributed by atoms with Gasteiger partial charge in [0.2, 0.25) is 0 Å². The van der Waals surface area contributed by atoms with Crippen LogP contribution >= 0.6 is 0 Å². The Kier molecular flexibility index (Phi) is 6.87. The highest BCUT2D eigenvalue weighted by molar-refractivity contribution is 7.90. The summed E-state index contributed by atoms with van der Waals surface area (Å²) >= 11 is 0. The van der Waals surface area contributed by atoms with E-state index in [9.17, 15) is 18.0 Å². The molecule has 0 radical (unpaired) electrons. The molecule has 0 aliphatic heterocycles. The van der Waals surface area contributed by atoms with Crippen LogP contribution in [-0.2, 0) is 15.6 Å². The lowest BCUT2D eigenvalue weighted by molar-refractivity contribution is 0.0944. The van der Waals surface area contributed by atoms with Crippen LogP contribution in [0, 0.1) is 0 Å². The quantitative estimate of drug-likeness (QED) is 0.584. The molecule has 0 saturated heterocycles. The Morgan fingerprint density at radius 2 is 1.52 bits per heavy atom. The third-order valence-electron chi connectivity index (χ3n) is 4.49. The van der Waals surface area contributed by atoms with Crippen molar-refractivity contribution in [2.75, 3.05) is 5.32 Å². The van der Waals surface area contributed by atoms with Gasteiger partial charge in [0.1, 0.15) is 0 Å². The Balaban J connectivity index is 1.82. The number of nitrogens with one attached hydrogen (secondary N) is 2. The van der Waals surface area contributed by atoms with Crippen LogP contribution in [0.5, 0.6) is 0 Å². The second-order valence-electron chi connectivity index (χ2n) is 7.40. The SMILES string of the molecule is CC(C)NC(=O)c1ccccc1NC(=O)c1cccc(S(=O)(=O)Cc2ccccc2)c1. The molecule has 0 saturated carbocycles. The van der Waals surface area contributed by atoms with E-state index >= 15 is 0 Å². The molecule has 7 heteroatoms. The van der Waals surface area contributed by atoms with Crippen molar-refractivity contribution in [1.29, 1.82) is 0 Å². The summed E-state index contributed by atoms with van der Waals surface area (Å²) in [7, 11) is -3.62. The smallest absolute Gasteiger partial charge is 0.255 e. The molecule has 3 aromatic rings. The summed E-state index contributed by atoms with van der Waals surface area (Å²) in [5.74, 6) is -0.955. The van der Waals surface area contributed by atoms with Crippen molar-refractivity contribution in [1.82, 2.24) is 5.32 Å². The predicted octanol–water partition coefficient (Wildman–Crippen LogP) is 4.05. The van der Waals surface area contributed by atoms with Crippen LogP contribution in [0.2, 0.25) is 0 Å². The van der Waals surface area contributed by atoms with E-state index in [1.807, 2.05) is 19.9 Å². The van der Waals surface area contributed by atoms with Crippen molar-refractivity contribution in [3.8, 4) is 0 Å². The van der Waals surface area contributed by atoms with Gasteiger partial charge in [0.05, 0.1) is 21.9 Å². The number of amides is 2. The maximum atomic E-state index is 12.8. The summed E-state index contributed by atoms with van der Waals surface area (Å²) in [6.07, 6.45) is 0. The molecule has 0 atom stereocenters. The maximum absolute atomic E-state index is 12.8. The molecule has 160 valence electrons. The van der Waals surface area contributed by atoms with Gasteiger partial charge in [-0.2, -0.15) is 0 Å². The molecule has 6 nitrogen and oxygen atoms in total. The van der Waals surface area contributed by atoms with Crippen molar-refractivity contribution in [3.05, 3.63) is 95.6 Å². The number of anilines is 1. The van der Waals surface area contributed by atoms with E-state index in [-0.39, 0.29) is 28.2 Å². The number of carbonyl (C=O) groups is 2. The Morgan fingerprint density at radius 1 is 0.839 bits per heavy atom. The fraction of sp³-hybridized carbons (Fsp3) is 0.167. The molecule has 0 aliphatic carbocycles. The van der Waals surface area contributed by atoms with Gasteiger partial charge in [0.25, 0.3) is 11.8 Å². The highest BCUT2D eigenvalue weighted by atomic mass is 32.2. The van der Waals surface area contributed by atoms with E-state index < -0.39 is 15.7 Å². The molecule has 2 N–H and O–H groups in total. The summed E-state index contributed by atoms with van der Waals surface area (Å²) in [5.41, 5.74) is 1.54. The zero-order valence-electron chi connectivity index (χ0n) is 17.3. The number of rotatable bonds is 7. The number of para-hydroxylation sites is 1. The monoisotopic (exact) mass is 436 g/mol. The summed E-state index contributed by atoms with van der Waals surface area (Å²) in [5, 5.41) is 5.51. The van der Waals surface area contributed by atoms with Gasteiger partial charge in [-0.15, -0.1) is 0 Å². The molecule has 0 unspecified atom stereocenters. The van der Waals surface area contributed by atoms with E-state index in [0.717, 1.165) is 0 Å². The Bertz CT molecular complexity index is 1190. The number of carbonyl (C=O) groups excluding carboxylic acids is 2. The molecule has 0 aromatic heterocycles. The van der Waals surface area contributed by atoms with Crippen LogP contribution in [0.1, 0.15) is 40.1 Å². The van der Waals surface area contributed by atoms with Gasteiger partial charge in [0, 0.05) is 11.6 Å². The third kappa shape index (κ3) is 5.79. The fourth-order valence-electron chi connectivity index (χ4n) is 3.03. The largest absolute Gasteiger partial charge is 0.350 e. The minimum Gasteiger partial charge on any atom is -0.350 e. The lowest BCUT2D eigenvalue weighted by Crippen LogP contribution is -2.31. The van der Waals surface area contributed by atoms with Gasteiger partial charge in [-0.25, -0.2) is 8.42 Å². The van der Waals surface area contributed by atoms with E-state index in [2.05, 4.69) is 10.6 Å². The summed E-state index contributed by atoms with van der Waals surface area (Å²) < 4.78 is 25.6. The molecular weight excluding hydrogens is 412 g/mol. The van der Waals surface area contributed by atoms with Crippen molar-refractivity contribution >= 4 is 27.3 Å². The van der Waals surface area contributed by atoms with Gasteiger partial charge in [-0.05, 0) is 49.7 Å². The first-order chi connectivity index (χ1) is 14.8. The average molecular weight is 437 g/mol. The standard InChI is InChI=1S/C24H24N2O4S/c1-17(2)25-24(28)21-13-6-7-14-22(21)26-23(27)19-11-8-12-20(15-19)31(29,30)16-18-9-4-3-5-10-18/h3-15,17H,16H2,1-2H3,(H,25,28)(H,26,27). The van der Waals surface area contributed by atoms with E-state index in [1.54, 1.807) is 48.5 Å². The topological polar surface area (TPSA) is 92.3 Å². The zero-order valence-corrected chi connectivity index (χ0v) is 18.1. The van der Waals surface area contributed by atoms with Crippen molar-refractivity contribution in [2.45, 2.75) is 30.5 Å². The number of benzene rings is 3. The van der Waals surface area contributed by atoms with E-state index in [1.165, 1.54) is 24.3 Å². The summed E-state index contributed by atoms with van der Waals surface area (Å²) in [6.45, 7) is 3.70. The first kappa shape index (κ1) is 22.2. The molecule has 0 spiro atoms. The fourth-order valence-corrected chi connectivity index (χ4v) is 4.42. The molecule has 31 heavy (non-hydrogen) atoms. The summed E-state index contributed by atoms with van der Waals surface area (Å²) in [6, 6.07) is 21.4. The molecule has 0 aliphatic rings. The number of hydrogen-bond donors (Lipinski definition) is 2. The van der Waals surface area contributed by atoms with Crippen LogP contribution in [0.25, 0.3) is 0 Å². The van der Waals surface area contributed by atoms with Crippen molar-refractivity contribution < 1.29 is 18.0 Å². The van der Waals surface area contributed by atoms with Crippen LogP contribution < -0.4 is 10.6 Å². The summed E-state index contributed by atoms with van der Waals surface area (Å²) in [4.78, 5) is 25.3. The minimum absolute atomic E-state index is 0.0530. The molecule has 3 rings (SSSR count). The second-order valence-corrected chi connectivity index (χ2v) is 9.39. The van der Waals surface area contributed by atoms with Gasteiger partial charge >= 0.3 is 0 Å². The first-order valence-electron chi connectivity index (χ1n) is 9.84. The number of sulfone groups is 1. The molecule has 2 amide bonds. The highest BCUT2D eigenvalue weighted by Crippen LogP contribution is 2.20. The number of hydrogen-bond acceptors (Lipinski definition) is 4. The zero-order chi connectivity index (χ0) is 22.4. The van der Waals surface area contributed by atoms with Gasteiger partial charge in [-0.3, -0.25) is 9.59 Å². The van der Waals surface area contributed by atoms with Gasteiger partial charge in [-0.1, -0.05) is 48.5 Å². The predicted molar refractivity (Wildman–Crippen MR) is 121 cm³/mol. The molecule has 0 fully saturated rings. The Morgan fingerprint density at radius 3 is 2.23 bits per heavy atom. The van der Waals surface area contributed by atoms with Crippen LogP contribution in [-0.4, -0.2) is 26.3 Å². The molecule has 0 bridgehead atoms. The van der Waals surface area contributed by atoms with E-state index in [4.69, 9.17) is 0 Å². The Hall–Kier alpha value is -3.45. The van der Waals surface area contributed by atoms with Gasteiger partial charge < -0.3 is 10.6 Å². The van der Waals surface area contributed by atoms with Crippen LogP contribution in [0.15, 0.2) is 83.8 Å². The minimum atomic E-state index is -3.62. The first-order valence-corrected chi connectivity index (χ1v) is 11.5. The van der Waals surface area contributed by atoms with Crippen LogP contribution in [0.3, 0.4) is 0 Å². The lowest BCUT2D eigenvalue weighted by Gasteiger charge is -2.13. The van der Waals surface area contributed by atoms with Crippen molar-refractivity contribution in [3.63, 3.8) is 0 Å². The average Bonchev–Trinajstić information content (AvgIpc) is 2.74. The second kappa shape index (κ2) is 9.57. The highest BCUT2D eigenvalue weighted by Gasteiger charge is 2.19. The van der Waals surface area contributed by atoms with Gasteiger partial charge in [0.15, 0.2) is 9.84 Å². The normalized spacial score (nSPS) is 11.2. The van der Waals surface area contributed by atoms with Crippen LogP contribution in [0.4, 0.5) is 5.69 Å². The molecule has 3 aromatic carbocycles. The molecular formula is C24H24N2O4S. The third-order valence-corrected chi connectivity index (χ3v) is 6.18. The maximum Gasteiger partial charge on any atom is 0.255 e. The van der Waals surface area contributed by atoms with E-state index in [0.29, 0.717) is 16.8 Å². The molecule has 0 heterocycles. The lowest BCUT2D eigenvalue weighted by atomic mass is 10.1. The Labute approximate surface area is 182 Å².